The molecule has 1 nitrogen and oxygen atoms in total. The Morgan fingerprint density at radius 1 is 1.29 bits per heavy atom. The minimum absolute atomic E-state index is 0.476. The lowest BCUT2D eigenvalue weighted by atomic mass is 9.98. The third kappa shape index (κ3) is 7.02. The van der Waals surface area contributed by atoms with Gasteiger partial charge in [-0.2, -0.15) is 0 Å². The molecule has 0 rings (SSSR count). The van der Waals surface area contributed by atoms with Gasteiger partial charge in [0.25, 0.3) is 0 Å². The van der Waals surface area contributed by atoms with Gasteiger partial charge in [-0.15, -0.1) is 0 Å². The molecule has 0 heterocycles. The molecule has 2 unspecified atom stereocenters. The van der Waals surface area contributed by atoms with Crippen LogP contribution in [0.1, 0.15) is 33.1 Å². The molecule has 0 fully saturated rings. The van der Waals surface area contributed by atoms with E-state index in [0.717, 1.165) is 5.33 Å². The standard InChI is InChI=1S/C11H25BrOSi/c1-6-10(2)11(8-7-9-12)13-14(3,4)5/h10-11H,6-9H2,1-5H3. The monoisotopic (exact) mass is 280 g/mol. The van der Waals surface area contributed by atoms with Crippen LogP contribution in [-0.2, 0) is 4.43 Å². The fourth-order valence-electron chi connectivity index (χ4n) is 1.45. The quantitative estimate of drug-likeness (QED) is 0.495. The molecule has 0 bridgehead atoms. The minimum Gasteiger partial charge on any atom is -0.414 e. The average molecular weight is 281 g/mol. The highest BCUT2D eigenvalue weighted by Gasteiger charge is 2.24. The summed E-state index contributed by atoms with van der Waals surface area (Å²) < 4.78 is 6.21. The second kappa shape index (κ2) is 7.02. The average Bonchev–Trinajstić information content (AvgIpc) is 2.09. The van der Waals surface area contributed by atoms with Crippen LogP contribution in [0, 0.1) is 5.92 Å². The molecule has 0 aliphatic rings. The van der Waals surface area contributed by atoms with Gasteiger partial charge in [-0.3, -0.25) is 0 Å². The summed E-state index contributed by atoms with van der Waals surface area (Å²) >= 11 is 3.48. The van der Waals surface area contributed by atoms with Crippen molar-refractivity contribution < 1.29 is 4.43 Å². The fourth-order valence-corrected chi connectivity index (χ4v) is 3.04. The SMILES string of the molecule is CCC(C)C(CCCBr)O[Si](C)(C)C. The van der Waals surface area contributed by atoms with Crippen LogP contribution in [0.5, 0.6) is 0 Å². The molecule has 0 spiro atoms. The van der Waals surface area contributed by atoms with Crippen molar-refractivity contribution in [1.82, 2.24) is 0 Å². The van der Waals surface area contributed by atoms with Crippen LogP contribution in [0.4, 0.5) is 0 Å². The molecule has 0 aromatic carbocycles. The highest BCUT2D eigenvalue weighted by molar-refractivity contribution is 9.09. The van der Waals surface area contributed by atoms with Crippen LogP contribution in [0.3, 0.4) is 0 Å². The van der Waals surface area contributed by atoms with Gasteiger partial charge >= 0.3 is 0 Å². The summed E-state index contributed by atoms with van der Waals surface area (Å²) in [5.74, 6) is 0.695. The largest absolute Gasteiger partial charge is 0.414 e. The molecule has 0 aromatic rings. The van der Waals surface area contributed by atoms with E-state index in [1.807, 2.05) is 0 Å². The van der Waals surface area contributed by atoms with E-state index in [1.165, 1.54) is 19.3 Å². The second-order valence-corrected chi connectivity index (χ2v) is 10.2. The first-order valence-electron chi connectivity index (χ1n) is 5.64. The summed E-state index contributed by atoms with van der Waals surface area (Å²) in [6.07, 6.45) is 4.12. The van der Waals surface area contributed by atoms with Gasteiger partial charge in [0.2, 0.25) is 0 Å². The number of rotatable bonds is 7. The van der Waals surface area contributed by atoms with Crippen molar-refractivity contribution in [3.05, 3.63) is 0 Å². The van der Waals surface area contributed by atoms with Crippen molar-refractivity contribution in [2.45, 2.75) is 58.9 Å². The molecule has 0 aliphatic carbocycles. The summed E-state index contributed by atoms with van der Waals surface area (Å²) in [6, 6.07) is 0. The molecule has 3 heteroatoms. The first-order chi connectivity index (χ1) is 6.40. The third-order valence-corrected chi connectivity index (χ3v) is 3.98. The lowest BCUT2D eigenvalue weighted by Gasteiger charge is -2.30. The predicted molar refractivity (Wildman–Crippen MR) is 70.7 cm³/mol. The molecule has 0 saturated heterocycles. The van der Waals surface area contributed by atoms with E-state index in [1.54, 1.807) is 0 Å². The Bertz CT molecular complexity index is 145. The van der Waals surface area contributed by atoms with Gasteiger partial charge in [0.05, 0.1) is 0 Å². The smallest absolute Gasteiger partial charge is 0.184 e. The van der Waals surface area contributed by atoms with Gasteiger partial charge in [0.15, 0.2) is 8.32 Å². The lowest BCUT2D eigenvalue weighted by Crippen LogP contribution is -2.35. The molecule has 14 heavy (non-hydrogen) atoms. The zero-order valence-electron chi connectivity index (χ0n) is 10.3. The van der Waals surface area contributed by atoms with E-state index in [2.05, 4.69) is 49.4 Å². The van der Waals surface area contributed by atoms with E-state index in [9.17, 15) is 0 Å². The van der Waals surface area contributed by atoms with Gasteiger partial charge in [0, 0.05) is 11.4 Å². The molecular weight excluding hydrogens is 256 g/mol. The highest BCUT2D eigenvalue weighted by atomic mass is 79.9. The highest BCUT2D eigenvalue weighted by Crippen LogP contribution is 2.21. The predicted octanol–water partition coefficient (Wildman–Crippen LogP) is 4.43. The molecule has 0 aliphatic heterocycles. The lowest BCUT2D eigenvalue weighted by molar-refractivity contribution is 0.123. The van der Waals surface area contributed by atoms with E-state index in [4.69, 9.17) is 4.43 Å². The number of halogens is 1. The first-order valence-corrected chi connectivity index (χ1v) is 10.2. The van der Waals surface area contributed by atoms with Gasteiger partial charge < -0.3 is 4.43 Å². The van der Waals surface area contributed by atoms with Crippen LogP contribution in [0.2, 0.25) is 19.6 Å². The molecule has 0 N–H and O–H groups in total. The van der Waals surface area contributed by atoms with Crippen molar-refractivity contribution >= 4 is 24.2 Å². The van der Waals surface area contributed by atoms with E-state index < -0.39 is 8.32 Å². The molecule has 0 radical (unpaired) electrons. The Labute approximate surface area is 98.9 Å². The van der Waals surface area contributed by atoms with Gasteiger partial charge in [0.1, 0.15) is 0 Å². The molecule has 0 amide bonds. The van der Waals surface area contributed by atoms with Crippen molar-refractivity contribution in [2.24, 2.45) is 5.92 Å². The van der Waals surface area contributed by atoms with Gasteiger partial charge in [-0.05, 0) is 38.4 Å². The number of alkyl halides is 1. The van der Waals surface area contributed by atoms with Crippen molar-refractivity contribution in [1.29, 1.82) is 0 Å². The second-order valence-electron chi connectivity index (χ2n) is 4.99. The Morgan fingerprint density at radius 3 is 2.21 bits per heavy atom. The summed E-state index contributed by atoms with van der Waals surface area (Å²) in [4.78, 5) is 0. The third-order valence-electron chi connectivity index (χ3n) is 2.41. The van der Waals surface area contributed by atoms with Gasteiger partial charge in [-0.1, -0.05) is 36.2 Å². The summed E-state index contributed by atoms with van der Waals surface area (Å²) in [5, 5.41) is 1.09. The molecule has 86 valence electrons. The van der Waals surface area contributed by atoms with E-state index in [-0.39, 0.29) is 0 Å². The fraction of sp³-hybridized carbons (Fsp3) is 1.00. The summed E-state index contributed by atoms with van der Waals surface area (Å²) in [5.41, 5.74) is 0. The minimum atomic E-state index is -1.36. The molecule has 2 atom stereocenters. The Hall–Kier alpha value is 0.657. The number of hydrogen-bond acceptors (Lipinski definition) is 1. The zero-order valence-corrected chi connectivity index (χ0v) is 12.9. The van der Waals surface area contributed by atoms with Crippen LogP contribution in [-0.4, -0.2) is 19.8 Å². The molecule has 0 saturated carbocycles. The van der Waals surface area contributed by atoms with Crippen LogP contribution in [0.15, 0.2) is 0 Å². The Morgan fingerprint density at radius 2 is 1.86 bits per heavy atom. The first kappa shape index (κ1) is 14.7. The number of hydrogen-bond donors (Lipinski definition) is 0. The zero-order chi connectivity index (χ0) is 11.2. The van der Waals surface area contributed by atoms with Gasteiger partial charge in [-0.25, -0.2) is 0 Å². The van der Waals surface area contributed by atoms with Crippen LogP contribution in [0.25, 0.3) is 0 Å². The molecule has 0 aromatic heterocycles. The van der Waals surface area contributed by atoms with Crippen LogP contribution >= 0.6 is 15.9 Å². The maximum Gasteiger partial charge on any atom is 0.184 e. The Balaban J connectivity index is 4.10. The van der Waals surface area contributed by atoms with E-state index >= 15 is 0 Å². The maximum atomic E-state index is 6.21. The van der Waals surface area contributed by atoms with Crippen molar-refractivity contribution in [3.63, 3.8) is 0 Å². The topological polar surface area (TPSA) is 9.23 Å². The Kier molecular flexibility index (Phi) is 7.35. The van der Waals surface area contributed by atoms with Crippen molar-refractivity contribution in [3.8, 4) is 0 Å². The molecular formula is C11H25BrOSi. The normalized spacial score (nSPS) is 16.7. The van der Waals surface area contributed by atoms with Crippen molar-refractivity contribution in [2.75, 3.05) is 5.33 Å². The summed E-state index contributed by atoms with van der Waals surface area (Å²) in [7, 11) is -1.36. The maximum absolute atomic E-state index is 6.21. The van der Waals surface area contributed by atoms with Crippen LogP contribution < -0.4 is 0 Å². The summed E-state index contributed by atoms with van der Waals surface area (Å²) in [6.45, 7) is 11.4. The van der Waals surface area contributed by atoms with E-state index in [0.29, 0.717) is 12.0 Å².